The Kier molecular flexibility index (Phi) is 3.85. The van der Waals surface area contributed by atoms with Crippen molar-refractivity contribution in [2.75, 3.05) is 26.3 Å². The lowest BCUT2D eigenvalue weighted by molar-refractivity contribution is 0.0123. The Morgan fingerprint density at radius 3 is 2.78 bits per heavy atom. The van der Waals surface area contributed by atoms with Crippen LogP contribution in [0, 0.1) is 0 Å². The lowest BCUT2D eigenvalue weighted by Gasteiger charge is -2.26. The number of carbonyl (C=O) groups is 2. The molecule has 0 radical (unpaired) electrons. The second-order valence-electron chi connectivity index (χ2n) is 3.75. The van der Waals surface area contributed by atoms with E-state index in [4.69, 9.17) is 9.84 Å². The number of aromatic carboxylic acids is 1. The van der Waals surface area contributed by atoms with Crippen molar-refractivity contribution < 1.29 is 19.4 Å². The lowest BCUT2D eigenvalue weighted by atomic mass is 10.2. The van der Waals surface area contributed by atoms with Crippen LogP contribution in [0.25, 0.3) is 0 Å². The average Bonchev–Trinajstić information content (AvgIpc) is 2.40. The number of rotatable bonds is 3. The van der Waals surface area contributed by atoms with Crippen LogP contribution in [-0.2, 0) is 4.74 Å². The molecule has 18 heavy (non-hydrogen) atoms. The summed E-state index contributed by atoms with van der Waals surface area (Å²) in [4.78, 5) is 26.7. The van der Waals surface area contributed by atoms with E-state index in [2.05, 4.69) is 10.4 Å². The molecule has 7 nitrogen and oxygen atoms in total. The quantitative estimate of drug-likeness (QED) is 0.770. The molecule has 0 bridgehead atoms. The zero-order chi connectivity index (χ0) is 13.0. The van der Waals surface area contributed by atoms with Crippen molar-refractivity contribution >= 4 is 11.9 Å². The minimum absolute atomic E-state index is 0.0866. The zero-order valence-corrected chi connectivity index (χ0v) is 9.63. The molecule has 0 saturated carbocycles. The van der Waals surface area contributed by atoms with Crippen LogP contribution in [0.4, 0.5) is 0 Å². The van der Waals surface area contributed by atoms with Gasteiger partial charge >= 0.3 is 5.97 Å². The standard InChI is InChI=1S/C11H13N3O4/c15-10(13-14-4-6-18-7-5-14)9-8(11(16)17)2-1-3-12-9/h1-3H,4-7H2,(H,13,15)(H,16,17). The van der Waals surface area contributed by atoms with Crippen molar-refractivity contribution in [2.24, 2.45) is 0 Å². The molecule has 0 aromatic carbocycles. The van der Waals surface area contributed by atoms with E-state index >= 15 is 0 Å². The fraction of sp³-hybridized carbons (Fsp3) is 0.364. The molecule has 1 amide bonds. The van der Waals surface area contributed by atoms with E-state index in [1.165, 1.54) is 18.3 Å². The van der Waals surface area contributed by atoms with Crippen LogP contribution in [0.3, 0.4) is 0 Å². The normalized spacial score (nSPS) is 16.2. The molecule has 7 heteroatoms. The number of amides is 1. The highest BCUT2D eigenvalue weighted by atomic mass is 16.5. The van der Waals surface area contributed by atoms with Gasteiger partial charge in [-0.25, -0.2) is 9.80 Å². The summed E-state index contributed by atoms with van der Waals surface area (Å²) in [6, 6.07) is 2.83. The van der Waals surface area contributed by atoms with E-state index in [1.807, 2.05) is 0 Å². The Balaban J connectivity index is 2.10. The number of pyridine rings is 1. The average molecular weight is 251 g/mol. The Labute approximate surface area is 103 Å². The molecule has 1 fully saturated rings. The first-order valence-electron chi connectivity index (χ1n) is 5.50. The number of carbonyl (C=O) groups excluding carboxylic acids is 1. The van der Waals surface area contributed by atoms with Crippen LogP contribution in [0.2, 0.25) is 0 Å². The summed E-state index contributed by atoms with van der Waals surface area (Å²) in [7, 11) is 0. The maximum atomic E-state index is 11.9. The topological polar surface area (TPSA) is 91.8 Å². The SMILES string of the molecule is O=C(O)c1cccnc1C(=O)NN1CCOCC1. The van der Waals surface area contributed by atoms with E-state index in [0.29, 0.717) is 26.3 Å². The molecule has 2 N–H and O–H groups in total. The number of aromatic nitrogens is 1. The smallest absolute Gasteiger partial charge is 0.338 e. The number of hydrogen-bond acceptors (Lipinski definition) is 5. The summed E-state index contributed by atoms with van der Waals surface area (Å²) >= 11 is 0. The molecule has 1 aromatic rings. The molecule has 2 heterocycles. The first kappa shape index (κ1) is 12.5. The molecule has 0 aliphatic carbocycles. The van der Waals surface area contributed by atoms with E-state index in [9.17, 15) is 9.59 Å². The monoisotopic (exact) mass is 251 g/mol. The Morgan fingerprint density at radius 1 is 1.39 bits per heavy atom. The van der Waals surface area contributed by atoms with E-state index in [-0.39, 0.29) is 11.3 Å². The summed E-state index contributed by atoms with van der Waals surface area (Å²) in [6.45, 7) is 2.21. The van der Waals surface area contributed by atoms with Gasteiger partial charge in [-0.2, -0.15) is 0 Å². The van der Waals surface area contributed by atoms with E-state index < -0.39 is 11.9 Å². The third kappa shape index (κ3) is 2.82. The lowest BCUT2D eigenvalue weighted by Crippen LogP contribution is -2.48. The number of nitrogens with one attached hydrogen (secondary N) is 1. The van der Waals surface area contributed by atoms with Gasteiger partial charge in [0.05, 0.1) is 18.8 Å². The van der Waals surface area contributed by atoms with Gasteiger partial charge in [-0.3, -0.25) is 15.2 Å². The summed E-state index contributed by atoms with van der Waals surface area (Å²) in [5.41, 5.74) is 2.42. The Bertz CT molecular complexity index is 457. The maximum Gasteiger partial charge on any atom is 0.338 e. The van der Waals surface area contributed by atoms with E-state index in [1.54, 1.807) is 5.01 Å². The largest absolute Gasteiger partial charge is 0.478 e. The van der Waals surface area contributed by atoms with Crippen LogP contribution in [0.15, 0.2) is 18.3 Å². The molecular weight excluding hydrogens is 238 g/mol. The highest BCUT2D eigenvalue weighted by Gasteiger charge is 2.20. The number of ether oxygens (including phenoxy) is 1. The molecule has 0 unspecified atom stereocenters. The number of nitrogens with zero attached hydrogens (tertiary/aromatic N) is 2. The van der Waals surface area contributed by atoms with Gasteiger partial charge < -0.3 is 9.84 Å². The van der Waals surface area contributed by atoms with Gasteiger partial charge in [-0.15, -0.1) is 0 Å². The van der Waals surface area contributed by atoms with Gasteiger partial charge in [0.25, 0.3) is 5.91 Å². The first-order chi connectivity index (χ1) is 8.68. The fourth-order valence-electron chi connectivity index (χ4n) is 1.63. The molecule has 1 aliphatic rings. The maximum absolute atomic E-state index is 11.9. The third-order valence-corrected chi connectivity index (χ3v) is 2.52. The fourth-order valence-corrected chi connectivity index (χ4v) is 1.63. The third-order valence-electron chi connectivity index (χ3n) is 2.52. The Hall–Kier alpha value is -1.99. The van der Waals surface area contributed by atoms with Crippen molar-refractivity contribution in [3.05, 3.63) is 29.6 Å². The highest BCUT2D eigenvalue weighted by molar-refractivity contribution is 6.03. The molecule has 0 spiro atoms. The molecule has 1 aromatic heterocycles. The van der Waals surface area contributed by atoms with Gasteiger partial charge in [-0.05, 0) is 12.1 Å². The van der Waals surface area contributed by atoms with Crippen LogP contribution >= 0.6 is 0 Å². The van der Waals surface area contributed by atoms with Gasteiger partial charge in [0.15, 0.2) is 0 Å². The summed E-state index contributed by atoms with van der Waals surface area (Å²) in [5.74, 6) is -1.69. The molecule has 96 valence electrons. The predicted octanol–water partition coefficient (Wildman–Crippen LogP) is -0.243. The summed E-state index contributed by atoms with van der Waals surface area (Å²) in [6.07, 6.45) is 1.39. The van der Waals surface area contributed by atoms with E-state index in [0.717, 1.165) is 0 Å². The molecule has 2 rings (SSSR count). The van der Waals surface area contributed by atoms with Crippen LogP contribution < -0.4 is 5.43 Å². The zero-order valence-electron chi connectivity index (χ0n) is 9.63. The highest BCUT2D eigenvalue weighted by Crippen LogP contribution is 2.06. The second-order valence-corrected chi connectivity index (χ2v) is 3.75. The van der Waals surface area contributed by atoms with Crippen molar-refractivity contribution in [1.29, 1.82) is 0 Å². The minimum Gasteiger partial charge on any atom is -0.478 e. The van der Waals surface area contributed by atoms with Gasteiger partial charge in [-0.1, -0.05) is 0 Å². The van der Waals surface area contributed by atoms with Gasteiger partial charge in [0.2, 0.25) is 0 Å². The number of hydrazine groups is 1. The van der Waals surface area contributed by atoms with Gasteiger partial charge in [0, 0.05) is 19.3 Å². The number of morpholine rings is 1. The van der Waals surface area contributed by atoms with Crippen molar-refractivity contribution in [1.82, 2.24) is 15.4 Å². The molecular formula is C11H13N3O4. The summed E-state index contributed by atoms with van der Waals surface area (Å²) in [5, 5.41) is 10.7. The number of carboxylic acids is 1. The van der Waals surface area contributed by atoms with Crippen molar-refractivity contribution in [2.45, 2.75) is 0 Å². The van der Waals surface area contributed by atoms with Gasteiger partial charge in [0.1, 0.15) is 5.69 Å². The first-order valence-corrected chi connectivity index (χ1v) is 5.50. The van der Waals surface area contributed by atoms with Crippen LogP contribution in [-0.4, -0.2) is 53.3 Å². The van der Waals surface area contributed by atoms with Crippen LogP contribution in [0.5, 0.6) is 0 Å². The number of carboxylic acid groups (broad SMARTS) is 1. The van der Waals surface area contributed by atoms with Crippen molar-refractivity contribution in [3.8, 4) is 0 Å². The predicted molar refractivity (Wildman–Crippen MR) is 61.1 cm³/mol. The number of hydrogen-bond donors (Lipinski definition) is 2. The summed E-state index contributed by atoms with van der Waals surface area (Å²) < 4.78 is 5.15. The minimum atomic E-state index is -1.17. The Morgan fingerprint density at radius 2 is 2.11 bits per heavy atom. The van der Waals surface area contributed by atoms with Crippen LogP contribution in [0.1, 0.15) is 20.8 Å². The molecule has 1 aliphatic heterocycles. The second kappa shape index (κ2) is 5.56. The van der Waals surface area contributed by atoms with Crippen molar-refractivity contribution in [3.63, 3.8) is 0 Å². The molecule has 0 atom stereocenters. The molecule has 1 saturated heterocycles.